The molecule has 16 heteroatoms. The highest BCUT2D eigenvalue weighted by Gasteiger charge is 2.50. The van der Waals surface area contributed by atoms with Crippen molar-refractivity contribution in [1.82, 2.24) is 9.80 Å². The summed E-state index contributed by atoms with van der Waals surface area (Å²) in [6.45, 7) is 20.5. The number of fused-ring (bicyclic) bond motifs is 13. The van der Waals surface area contributed by atoms with E-state index < -0.39 is 53.1 Å². The third-order valence-corrected chi connectivity index (χ3v) is 15.6. The topological polar surface area (TPSA) is 206 Å². The van der Waals surface area contributed by atoms with Gasteiger partial charge < -0.3 is 54.7 Å². The lowest BCUT2D eigenvalue weighted by Gasteiger charge is -2.39. The van der Waals surface area contributed by atoms with E-state index in [-0.39, 0.29) is 73.6 Å². The van der Waals surface area contributed by atoms with E-state index in [4.69, 9.17) is 29.3 Å². The molecule has 7 atom stereocenters. The van der Waals surface area contributed by atoms with Crippen molar-refractivity contribution in [3.63, 3.8) is 0 Å². The van der Waals surface area contributed by atoms with Gasteiger partial charge in [0, 0.05) is 101 Å². The Kier molecular flexibility index (Phi) is 17.0. The number of benzene rings is 3. The SMILES string of the molecule is C/C1=C/C=C/C(C)C[C@@H](C)C(O)[C@@H](C)[C@H](OC(=O)N2CCC(N(C)c3ccccc3)CC2)[C@H](C)C/C=C/OC2(C)Oc3c(C)c(O)c4c(O)c(c5c(c4c3C2=O)=NC2(CCN(CC(C)C)CC2)N=5)NC1=O.CO. The Morgan fingerprint density at radius 2 is 1.60 bits per heavy atom. The molecule has 73 heavy (non-hydrogen) atoms. The molecule has 0 aliphatic carbocycles. The molecule has 6 heterocycles. The minimum absolute atomic E-state index is 0.00322. The quantitative estimate of drug-likeness (QED) is 0.155. The van der Waals surface area contributed by atoms with Gasteiger partial charge in [-0.15, -0.1) is 0 Å². The first-order valence-corrected chi connectivity index (χ1v) is 26.1. The average Bonchev–Trinajstić information content (AvgIpc) is 3.88. The molecule has 0 aromatic heterocycles. The Morgan fingerprint density at radius 3 is 2.26 bits per heavy atom. The maximum Gasteiger partial charge on any atom is 0.410 e. The van der Waals surface area contributed by atoms with Crippen molar-refractivity contribution in [2.45, 2.75) is 131 Å². The molecule has 6 aliphatic heterocycles. The van der Waals surface area contributed by atoms with Crippen molar-refractivity contribution in [1.29, 1.82) is 0 Å². The average molecular weight is 1010 g/mol. The van der Waals surface area contributed by atoms with Crippen LogP contribution in [0.3, 0.4) is 0 Å². The highest BCUT2D eigenvalue weighted by Crippen LogP contribution is 2.50. The maximum absolute atomic E-state index is 14.9. The van der Waals surface area contributed by atoms with Gasteiger partial charge in [0.15, 0.2) is 11.4 Å². The molecular formula is C57H78N6O10. The number of phenols is 2. The Labute approximate surface area is 430 Å². The number of para-hydroxylation sites is 1. The van der Waals surface area contributed by atoms with Gasteiger partial charge in [-0.2, -0.15) is 0 Å². The van der Waals surface area contributed by atoms with Crippen LogP contribution in [-0.2, 0) is 14.3 Å². The number of aliphatic hydroxyl groups excluding tert-OH is 2. The van der Waals surface area contributed by atoms with E-state index in [0.29, 0.717) is 50.3 Å². The van der Waals surface area contributed by atoms with Gasteiger partial charge in [-0.3, -0.25) is 19.6 Å². The molecule has 16 nitrogen and oxygen atoms in total. The van der Waals surface area contributed by atoms with Gasteiger partial charge in [0.1, 0.15) is 28.6 Å². The molecule has 3 aromatic rings. The summed E-state index contributed by atoms with van der Waals surface area (Å²) >= 11 is 0. The number of ketones is 1. The summed E-state index contributed by atoms with van der Waals surface area (Å²) in [7, 11) is 3.09. The Bertz CT molecular complexity index is 2740. The number of amides is 2. The molecule has 2 amide bonds. The van der Waals surface area contributed by atoms with Crippen LogP contribution in [0, 0.1) is 36.5 Å². The second kappa shape index (κ2) is 22.7. The lowest BCUT2D eigenvalue weighted by atomic mass is 9.80. The van der Waals surface area contributed by atoms with Crippen LogP contribution < -0.4 is 25.7 Å². The van der Waals surface area contributed by atoms with Crippen LogP contribution in [0.4, 0.5) is 16.2 Å². The number of aliphatic hydroxyl groups is 2. The van der Waals surface area contributed by atoms with Crippen molar-refractivity contribution in [3.8, 4) is 17.2 Å². The summed E-state index contributed by atoms with van der Waals surface area (Å²) in [5.74, 6) is -4.07. The van der Waals surface area contributed by atoms with Gasteiger partial charge in [0.05, 0.1) is 28.7 Å². The zero-order valence-electron chi connectivity index (χ0n) is 44.6. The first-order valence-electron chi connectivity index (χ1n) is 26.1. The van der Waals surface area contributed by atoms with Crippen LogP contribution in [0.2, 0.25) is 0 Å². The first kappa shape index (κ1) is 54.8. The largest absolute Gasteiger partial charge is 0.507 e. The molecule has 5 bridgehead atoms. The van der Waals surface area contributed by atoms with Crippen LogP contribution in [0.25, 0.3) is 10.8 Å². The Balaban J connectivity index is 0.00000385. The number of likely N-dealkylation sites (tertiary alicyclic amines) is 2. The Hall–Kier alpha value is -5.97. The highest BCUT2D eigenvalue weighted by atomic mass is 16.7. The molecule has 2 fully saturated rings. The van der Waals surface area contributed by atoms with Crippen molar-refractivity contribution in [2.24, 2.45) is 39.6 Å². The van der Waals surface area contributed by atoms with E-state index in [2.05, 4.69) is 55.1 Å². The van der Waals surface area contributed by atoms with Crippen molar-refractivity contribution >= 4 is 39.9 Å². The second-order valence-corrected chi connectivity index (χ2v) is 21.6. The lowest BCUT2D eigenvalue weighted by Crippen LogP contribution is -2.48. The molecule has 9 rings (SSSR count). The fraction of sp³-hybridized carbons (Fsp3) is 0.561. The number of allylic oxidation sites excluding steroid dienone is 4. The summed E-state index contributed by atoms with van der Waals surface area (Å²) in [5.41, 5.74) is 0.826. The molecule has 3 aromatic carbocycles. The van der Waals surface area contributed by atoms with Crippen LogP contribution in [0.15, 0.2) is 76.5 Å². The zero-order chi connectivity index (χ0) is 53.1. The molecular weight excluding hydrogens is 929 g/mol. The van der Waals surface area contributed by atoms with Crippen molar-refractivity contribution in [2.75, 3.05) is 57.1 Å². The molecule has 3 unspecified atom stereocenters. The van der Waals surface area contributed by atoms with E-state index in [1.54, 1.807) is 30.9 Å². The molecule has 0 radical (unpaired) electrons. The lowest BCUT2D eigenvalue weighted by molar-refractivity contribution is -0.112. The number of aromatic hydroxyl groups is 2. The summed E-state index contributed by atoms with van der Waals surface area (Å²) in [6.07, 6.45) is 10.4. The number of anilines is 2. The zero-order valence-corrected chi connectivity index (χ0v) is 44.6. The minimum atomic E-state index is -1.88. The molecule has 6 aliphatic rings. The normalized spacial score (nSPS) is 28.4. The van der Waals surface area contributed by atoms with Crippen LogP contribution >= 0.6 is 0 Å². The smallest absolute Gasteiger partial charge is 0.410 e. The number of phenolic OH excluding ortho intramolecular Hbond substituents is 2. The number of ether oxygens (including phenoxy) is 3. The van der Waals surface area contributed by atoms with Crippen LogP contribution in [0.1, 0.15) is 110 Å². The van der Waals surface area contributed by atoms with E-state index in [1.807, 2.05) is 51.1 Å². The number of nitrogens with one attached hydrogen (secondary N) is 1. The predicted molar refractivity (Wildman–Crippen MR) is 282 cm³/mol. The first-order chi connectivity index (χ1) is 34.7. The molecule has 2 saturated heterocycles. The molecule has 1 spiro atoms. The van der Waals surface area contributed by atoms with Gasteiger partial charge in [-0.05, 0) is 81.4 Å². The van der Waals surface area contributed by atoms with Gasteiger partial charge in [0.25, 0.3) is 11.7 Å². The number of nitrogens with zero attached hydrogens (tertiary/aromatic N) is 5. The summed E-state index contributed by atoms with van der Waals surface area (Å²) in [5, 5.41) is 46.6. The summed E-state index contributed by atoms with van der Waals surface area (Å²) in [4.78, 5) is 59.8. The van der Waals surface area contributed by atoms with Gasteiger partial charge in [-0.1, -0.05) is 78.0 Å². The van der Waals surface area contributed by atoms with Crippen molar-refractivity contribution < 1.29 is 49.0 Å². The fourth-order valence-corrected chi connectivity index (χ4v) is 11.3. The number of rotatable bonds is 5. The number of piperidine rings is 2. The minimum Gasteiger partial charge on any atom is -0.507 e. The number of hydrogen-bond acceptors (Lipinski definition) is 14. The van der Waals surface area contributed by atoms with Gasteiger partial charge in [-0.25, -0.2) is 4.79 Å². The number of carbonyl (C=O) groups is 3. The van der Waals surface area contributed by atoms with Gasteiger partial charge >= 0.3 is 11.9 Å². The standard InChI is InChI=1S/C56H74N6O9.CH4O/c1-32(2)31-61-27-23-56(24-28-61)58-44-41-42-48(64)38(8)51-43(41)52(66)55(9,71-51)69-29-15-18-34(4)50(70-54(68)62-25-21-40(22-26-62)60(10)39-19-12-11-13-20-39)37(7)47(63)36(6)30-33(3)16-14-17-35(5)53(67)57-46(49(42)65)45(44)59-56;1-2/h11-17,19-20,29,32-34,36-37,40,47,50,63-65H,18,21-28,30-31H2,1-10H3,(H,57,67);2H,1H3/b16-14+,29-15+,35-17-;/t33?,34-,36-,37-,47?,50-,55?;/m1./s1. The third kappa shape index (κ3) is 11.3. The van der Waals surface area contributed by atoms with Crippen LogP contribution in [-0.4, -0.2) is 125 Å². The number of carbonyl (C=O) groups excluding carboxylic acids is 3. The summed E-state index contributed by atoms with van der Waals surface area (Å²) < 4.78 is 19.0. The molecule has 5 N–H and O–H groups in total. The van der Waals surface area contributed by atoms with E-state index in [0.717, 1.165) is 45.3 Å². The van der Waals surface area contributed by atoms with Gasteiger partial charge in [0.2, 0.25) is 0 Å². The second-order valence-electron chi connectivity index (χ2n) is 21.6. The summed E-state index contributed by atoms with van der Waals surface area (Å²) in [6, 6.07) is 10.5. The predicted octanol–water partition coefficient (Wildman–Crippen LogP) is 7.94. The van der Waals surface area contributed by atoms with Crippen LogP contribution in [0.5, 0.6) is 17.2 Å². The third-order valence-electron chi connectivity index (χ3n) is 15.6. The monoisotopic (exact) mass is 1010 g/mol. The molecule has 396 valence electrons. The Morgan fingerprint density at radius 1 is 0.945 bits per heavy atom. The number of hydrogen-bond donors (Lipinski definition) is 5. The van der Waals surface area contributed by atoms with E-state index >= 15 is 0 Å². The molecule has 0 saturated carbocycles. The number of Topliss-reactive ketones (excluding diaryl/α,β-unsaturated/α-hetero) is 1. The fourth-order valence-electron chi connectivity index (χ4n) is 11.3. The van der Waals surface area contributed by atoms with E-state index in [1.165, 1.54) is 13.2 Å². The van der Waals surface area contributed by atoms with Crippen molar-refractivity contribution in [3.05, 3.63) is 88.3 Å². The maximum atomic E-state index is 14.9. The highest BCUT2D eigenvalue weighted by molar-refractivity contribution is 6.19. The van der Waals surface area contributed by atoms with E-state index in [9.17, 15) is 29.7 Å².